The summed E-state index contributed by atoms with van der Waals surface area (Å²) < 4.78 is 1.67. The fraction of sp³-hybridized carbons (Fsp3) is 0. The van der Waals surface area contributed by atoms with Crippen LogP contribution in [0.25, 0.3) is 10.1 Å². The van der Waals surface area contributed by atoms with Gasteiger partial charge < -0.3 is 10.4 Å². The van der Waals surface area contributed by atoms with Gasteiger partial charge in [0.25, 0.3) is 5.91 Å². The third-order valence-corrected chi connectivity index (χ3v) is 5.98. The Morgan fingerprint density at radius 2 is 1.92 bits per heavy atom. The van der Waals surface area contributed by atoms with Crippen molar-refractivity contribution in [2.45, 2.75) is 0 Å². The molecule has 1 amide bonds. The second-order valence-electron chi connectivity index (χ2n) is 5.14. The van der Waals surface area contributed by atoms with E-state index in [1.54, 1.807) is 12.1 Å². The van der Waals surface area contributed by atoms with E-state index in [1.807, 2.05) is 46.9 Å². The molecule has 0 aliphatic rings. The molecule has 0 saturated heterocycles. The van der Waals surface area contributed by atoms with Crippen molar-refractivity contribution in [1.29, 1.82) is 0 Å². The number of thiocarbonyl (C=S) groups is 1. The van der Waals surface area contributed by atoms with Crippen LogP contribution in [-0.2, 0) is 0 Å². The van der Waals surface area contributed by atoms with Crippen LogP contribution in [0.3, 0.4) is 0 Å². The van der Waals surface area contributed by atoms with Crippen molar-refractivity contribution in [3.8, 4) is 0 Å². The first-order valence-corrected chi connectivity index (χ1v) is 9.87. The lowest BCUT2D eigenvalue weighted by atomic mass is 10.2. The second-order valence-corrected chi connectivity index (χ2v) is 8.23. The summed E-state index contributed by atoms with van der Waals surface area (Å²) in [7, 11) is 0. The Morgan fingerprint density at radius 3 is 2.62 bits per heavy atom. The summed E-state index contributed by atoms with van der Waals surface area (Å²) in [4.78, 5) is 24.2. The molecule has 1 heterocycles. The summed E-state index contributed by atoms with van der Waals surface area (Å²) >= 11 is 14.7. The number of halogens is 2. The number of carboxylic acid groups (broad SMARTS) is 1. The third-order valence-electron chi connectivity index (χ3n) is 3.43. The third kappa shape index (κ3) is 3.98. The topological polar surface area (TPSA) is 78.4 Å². The van der Waals surface area contributed by atoms with E-state index in [-0.39, 0.29) is 10.7 Å². The van der Waals surface area contributed by atoms with Crippen LogP contribution >= 0.6 is 57.7 Å². The zero-order valence-electron chi connectivity index (χ0n) is 12.9. The molecule has 3 aromatic rings. The van der Waals surface area contributed by atoms with Gasteiger partial charge in [0.15, 0.2) is 5.11 Å². The van der Waals surface area contributed by atoms with E-state index in [0.717, 1.165) is 13.7 Å². The van der Waals surface area contributed by atoms with Crippen molar-refractivity contribution in [1.82, 2.24) is 5.32 Å². The second kappa shape index (κ2) is 7.87. The van der Waals surface area contributed by atoms with Crippen molar-refractivity contribution in [2.75, 3.05) is 5.32 Å². The molecule has 3 N–H and O–H groups in total. The number of hydrogen-bond acceptors (Lipinski definition) is 4. The van der Waals surface area contributed by atoms with Gasteiger partial charge in [-0.2, -0.15) is 0 Å². The first-order valence-electron chi connectivity index (χ1n) is 7.19. The van der Waals surface area contributed by atoms with Crippen LogP contribution in [0.15, 0.2) is 42.5 Å². The number of carbonyl (C=O) groups excluding carboxylic acids is 1. The number of nitrogens with one attached hydrogen (secondary N) is 2. The first-order chi connectivity index (χ1) is 12.4. The zero-order chi connectivity index (χ0) is 18.8. The Hall–Kier alpha value is -1.75. The van der Waals surface area contributed by atoms with Crippen molar-refractivity contribution >= 4 is 90.5 Å². The van der Waals surface area contributed by atoms with Gasteiger partial charge in [-0.1, -0.05) is 29.8 Å². The number of fused-ring (bicyclic) bond motifs is 1. The molecule has 9 heteroatoms. The summed E-state index contributed by atoms with van der Waals surface area (Å²) in [6.45, 7) is 0. The highest BCUT2D eigenvalue weighted by Crippen LogP contribution is 2.35. The zero-order valence-corrected chi connectivity index (χ0v) is 17.4. The predicted molar refractivity (Wildman–Crippen MR) is 117 cm³/mol. The highest BCUT2D eigenvalue weighted by atomic mass is 127. The smallest absolute Gasteiger partial charge is 0.337 e. The lowest BCUT2D eigenvalue weighted by Gasteiger charge is -2.11. The Bertz CT molecular complexity index is 1050. The molecule has 26 heavy (non-hydrogen) atoms. The number of carboxylic acids is 1. The number of amides is 1. The van der Waals surface area contributed by atoms with Gasteiger partial charge in [0.1, 0.15) is 4.88 Å². The van der Waals surface area contributed by atoms with Gasteiger partial charge in [-0.25, -0.2) is 4.79 Å². The fourth-order valence-corrected chi connectivity index (χ4v) is 4.38. The molecule has 132 valence electrons. The van der Waals surface area contributed by atoms with Crippen molar-refractivity contribution < 1.29 is 14.7 Å². The quantitative estimate of drug-likeness (QED) is 0.338. The van der Waals surface area contributed by atoms with E-state index in [4.69, 9.17) is 23.8 Å². The largest absolute Gasteiger partial charge is 0.478 e. The Balaban J connectivity index is 1.79. The molecule has 5 nitrogen and oxygen atoms in total. The van der Waals surface area contributed by atoms with Gasteiger partial charge in [-0.15, -0.1) is 11.3 Å². The normalized spacial score (nSPS) is 10.5. The van der Waals surface area contributed by atoms with Crippen LogP contribution < -0.4 is 10.6 Å². The number of anilines is 1. The monoisotopic (exact) mass is 516 g/mol. The average molecular weight is 517 g/mol. The number of rotatable bonds is 3. The number of carbonyl (C=O) groups is 2. The molecule has 0 aliphatic carbocycles. The standard InChI is InChI=1S/C17H10ClIN2O3S2/c18-13-9-3-1-2-4-12(9)26-14(13)15(22)21-17(25)20-11-6-5-8(19)7-10(11)16(23)24/h1-7H,(H,23,24)(H2,20,21,22,25). The molecule has 2 aromatic carbocycles. The molecule has 0 bridgehead atoms. The molecule has 0 saturated carbocycles. The van der Waals surface area contributed by atoms with Gasteiger partial charge in [-0.3, -0.25) is 10.1 Å². The van der Waals surface area contributed by atoms with E-state index >= 15 is 0 Å². The molecule has 0 radical (unpaired) electrons. The van der Waals surface area contributed by atoms with E-state index < -0.39 is 11.9 Å². The minimum Gasteiger partial charge on any atom is -0.478 e. The van der Waals surface area contributed by atoms with E-state index in [9.17, 15) is 14.7 Å². The van der Waals surface area contributed by atoms with Crippen LogP contribution in [0, 0.1) is 3.57 Å². The summed E-state index contributed by atoms with van der Waals surface area (Å²) in [6, 6.07) is 12.3. The van der Waals surface area contributed by atoms with Crippen LogP contribution in [0.5, 0.6) is 0 Å². The van der Waals surface area contributed by atoms with Gasteiger partial charge in [0, 0.05) is 13.7 Å². The number of thiophene rings is 1. The molecule has 1 aromatic heterocycles. The van der Waals surface area contributed by atoms with Gasteiger partial charge in [0.2, 0.25) is 0 Å². The Labute approximate surface area is 176 Å². The van der Waals surface area contributed by atoms with Crippen LogP contribution in [0.1, 0.15) is 20.0 Å². The lowest BCUT2D eigenvalue weighted by Crippen LogP contribution is -2.34. The van der Waals surface area contributed by atoms with Crippen molar-refractivity contribution in [2.24, 2.45) is 0 Å². The molecular formula is C17H10ClIN2O3S2. The van der Waals surface area contributed by atoms with Gasteiger partial charge in [-0.05, 0) is 59.1 Å². The van der Waals surface area contributed by atoms with Gasteiger partial charge >= 0.3 is 5.97 Å². The fourth-order valence-electron chi connectivity index (χ4n) is 2.28. The molecular weight excluding hydrogens is 507 g/mol. The minimum atomic E-state index is -1.09. The molecule has 0 unspecified atom stereocenters. The lowest BCUT2D eigenvalue weighted by molar-refractivity contribution is 0.0697. The average Bonchev–Trinajstić information content (AvgIpc) is 2.93. The Kier molecular flexibility index (Phi) is 5.76. The van der Waals surface area contributed by atoms with Crippen LogP contribution in [-0.4, -0.2) is 22.1 Å². The molecule has 0 aliphatic heterocycles. The highest BCUT2D eigenvalue weighted by molar-refractivity contribution is 14.1. The highest BCUT2D eigenvalue weighted by Gasteiger charge is 2.19. The van der Waals surface area contributed by atoms with Crippen LogP contribution in [0.2, 0.25) is 5.02 Å². The summed E-state index contributed by atoms with van der Waals surface area (Å²) in [5.74, 6) is -1.54. The number of aromatic carboxylic acids is 1. The first kappa shape index (κ1) is 19.0. The molecule has 0 spiro atoms. The number of hydrogen-bond donors (Lipinski definition) is 3. The SMILES string of the molecule is O=C(O)c1cc(I)ccc1NC(=S)NC(=O)c1sc2ccccc2c1Cl. The van der Waals surface area contributed by atoms with E-state index in [2.05, 4.69) is 10.6 Å². The summed E-state index contributed by atoms with van der Waals surface area (Å²) in [5.41, 5.74) is 0.360. The van der Waals surface area contributed by atoms with E-state index in [0.29, 0.717) is 15.6 Å². The van der Waals surface area contributed by atoms with Crippen LogP contribution in [0.4, 0.5) is 5.69 Å². The Morgan fingerprint density at radius 1 is 1.19 bits per heavy atom. The van der Waals surface area contributed by atoms with Gasteiger partial charge in [0.05, 0.1) is 16.3 Å². The maximum atomic E-state index is 12.5. The summed E-state index contributed by atoms with van der Waals surface area (Å²) in [6.07, 6.45) is 0. The molecule has 0 fully saturated rings. The minimum absolute atomic E-state index is 0.00719. The molecule has 0 atom stereocenters. The van der Waals surface area contributed by atoms with Crippen molar-refractivity contribution in [3.05, 3.63) is 61.5 Å². The maximum Gasteiger partial charge on any atom is 0.337 e. The van der Waals surface area contributed by atoms with Crippen molar-refractivity contribution in [3.63, 3.8) is 0 Å². The molecule has 3 rings (SSSR count). The predicted octanol–water partition coefficient (Wildman–Crippen LogP) is 4.98. The maximum absolute atomic E-state index is 12.5. The van der Waals surface area contributed by atoms with E-state index in [1.165, 1.54) is 17.4 Å². The summed E-state index contributed by atoms with van der Waals surface area (Å²) in [5, 5.41) is 15.7. The number of benzene rings is 2.